The van der Waals surface area contributed by atoms with E-state index in [2.05, 4.69) is 10.2 Å². The molecule has 25 heavy (non-hydrogen) atoms. The van der Waals surface area contributed by atoms with Gasteiger partial charge in [0.15, 0.2) is 0 Å². The Morgan fingerprint density at radius 3 is 2.88 bits per heavy atom. The molecule has 2 heterocycles. The summed E-state index contributed by atoms with van der Waals surface area (Å²) in [5.41, 5.74) is 0.853. The van der Waals surface area contributed by atoms with Crippen molar-refractivity contribution in [2.75, 3.05) is 26.9 Å². The van der Waals surface area contributed by atoms with Gasteiger partial charge in [0, 0.05) is 19.2 Å². The summed E-state index contributed by atoms with van der Waals surface area (Å²) in [6.45, 7) is 1.51. The molecule has 1 aliphatic rings. The lowest BCUT2D eigenvalue weighted by Gasteiger charge is -2.22. The molecular formula is C18H23N3O4. The number of amides is 1. The first-order valence-corrected chi connectivity index (χ1v) is 8.53. The van der Waals surface area contributed by atoms with E-state index >= 15 is 0 Å². The van der Waals surface area contributed by atoms with Crippen molar-refractivity contribution >= 4 is 5.91 Å². The molecular weight excluding hydrogens is 322 g/mol. The third-order valence-electron chi connectivity index (χ3n) is 4.09. The molecule has 2 aromatic rings. The van der Waals surface area contributed by atoms with E-state index in [9.17, 15) is 4.79 Å². The van der Waals surface area contributed by atoms with Crippen molar-refractivity contribution in [1.82, 2.24) is 15.1 Å². The molecule has 0 aliphatic carbocycles. The Morgan fingerprint density at radius 1 is 1.28 bits per heavy atom. The molecule has 1 aromatic carbocycles. The molecule has 3 rings (SSSR count). The van der Waals surface area contributed by atoms with Crippen molar-refractivity contribution in [3.63, 3.8) is 0 Å². The highest BCUT2D eigenvalue weighted by Crippen LogP contribution is 2.17. The number of hydrogen-bond donors (Lipinski definition) is 0. The molecule has 134 valence electrons. The summed E-state index contributed by atoms with van der Waals surface area (Å²) in [4.78, 5) is 13.7. The summed E-state index contributed by atoms with van der Waals surface area (Å²) in [5.74, 6) is 0.711. The number of carbonyl (C=O) groups is 1. The van der Waals surface area contributed by atoms with Gasteiger partial charge in [-0.2, -0.15) is 0 Å². The third-order valence-corrected chi connectivity index (χ3v) is 4.09. The van der Waals surface area contributed by atoms with Crippen LogP contribution >= 0.6 is 0 Å². The Hall–Kier alpha value is -2.25. The summed E-state index contributed by atoms with van der Waals surface area (Å²) in [6, 6.07) is 9.52. The molecule has 7 heteroatoms. The molecule has 1 saturated heterocycles. The van der Waals surface area contributed by atoms with Crippen molar-refractivity contribution in [3.8, 4) is 11.5 Å². The first-order chi connectivity index (χ1) is 12.2. The summed E-state index contributed by atoms with van der Waals surface area (Å²) < 4.78 is 16.7. The largest absolute Gasteiger partial charge is 0.419 e. The van der Waals surface area contributed by atoms with Crippen LogP contribution in [0.15, 0.2) is 34.7 Å². The number of carbonyl (C=O) groups excluding carboxylic acids is 1. The van der Waals surface area contributed by atoms with Crippen LogP contribution in [0.4, 0.5) is 0 Å². The Balaban J connectivity index is 1.44. The zero-order chi connectivity index (χ0) is 17.5. The highest BCUT2D eigenvalue weighted by atomic mass is 16.5. The lowest BCUT2D eigenvalue weighted by atomic mass is 10.1. The van der Waals surface area contributed by atoms with Crippen LogP contribution < -0.4 is 0 Å². The topological polar surface area (TPSA) is 77.7 Å². The van der Waals surface area contributed by atoms with E-state index in [1.54, 1.807) is 7.05 Å². The van der Waals surface area contributed by atoms with E-state index in [0.29, 0.717) is 18.4 Å². The van der Waals surface area contributed by atoms with Crippen LogP contribution in [0.3, 0.4) is 0 Å². The van der Waals surface area contributed by atoms with Gasteiger partial charge in [-0.25, -0.2) is 0 Å². The minimum atomic E-state index is -0.129. The quantitative estimate of drug-likeness (QED) is 0.766. The minimum Gasteiger partial charge on any atom is -0.419 e. The number of aromatic nitrogens is 2. The first-order valence-electron chi connectivity index (χ1n) is 8.53. The number of ether oxygens (including phenoxy) is 2. The van der Waals surface area contributed by atoms with Gasteiger partial charge >= 0.3 is 0 Å². The van der Waals surface area contributed by atoms with Crippen LogP contribution in [0.2, 0.25) is 0 Å². The van der Waals surface area contributed by atoms with Crippen LogP contribution in [0, 0.1) is 0 Å². The fraction of sp³-hybridized carbons (Fsp3) is 0.500. The van der Waals surface area contributed by atoms with Crippen LogP contribution in [0.25, 0.3) is 11.5 Å². The Bertz CT molecular complexity index is 668. The number of benzene rings is 1. The second-order valence-corrected chi connectivity index (χ2v) is 6.12. The second-order valence-electron chi connectivity index (χ2n) is 6.12. The van der Waals surface area contributed by atoms with Crippen molar-refractivity contribution in [1.29, 1.82) is 0 Å². The van der Waals surface area contributed by atoms with Gasteiger partial charge in [0.05, 0.1) is 19.3 Å². The van der Waals surface area contributed by atoms with Crippen LogP contribution in [-0.4, -0.2) is 54.0 Å². The average molecular weight is 345 g/mol. The molecule has 0 spiro atoms. The van der Waals surface area contributed by atoms with Gasteiger partial charge in [-0.15, -0.1) is 10.2 Å². The van der Waals surface area contributed by atoms with E-state index < -0.39 is 0 Å². The fourth-order valence-corrected chi connectivity index (χ4v) is 2.63. The van der Waals surface area contributed by atoms with E-state index in [4.69, 9.17) is 13.9 Å². The van der Waals surface area contributed by atoms with Crippen molar-refractivity contribution in [2.24, 2.45) is 0 Å². The highest BCUT2D eigenvalue weighted by Gasteiger charge is 2.17. The predicted molar refractivity (Wildman–Crippen MR) is 90.6 cm³/mol. The van der Waals surface area contributed by atoms with Crippen LogP contribution in [0.1, 0.15) is 25.2 Å². The van der Waals surface area contributed by atoms with Gasteiger partial charge in [-0.3, -0.25) is 4.79 Å². The predicted octanol–water partition coefficient (Wildman–Crippen LogP) is 2.28. The molecule has 0 unspecified atom stereocenters. The van der Waals surface area contributed by atoms with Crippen LogP contribution in [-0.2, 0) is 20.8 Å². The summed E-state index contributed by atoms with van der Waals surface area (Å²) >= 11 is 0. The molecule has 1 aromatic heterocycles. The molecule has 0 bridgehead atoms. The second kappa shape index (κ2) is 8.73. The number of nitrogens with zero attached hydrogens (tertiary/aromatic N) is 3. The zero-order valence-electron chi connectivity index (χ0n) is 14.4. The van der Waals surface area contributed by atoms with Crippen molar-refractivity contribution in [2.45, 2.75) is 31.9 Å². The van der Waals surface area contributed by atoms with E-state index in [1.807, 2.05) is 30.3 Å². The molecule has 0 N–H and O–H groups in total. The minimum absolute atomic E-state index is 0.0238. The van der Waals surface area contributed by atoms with Gasteiger partial charge in [-0.05, 0) is 31.4 Å². The van der Waals surface area contributed by atoms with E-state index in [1.165, 1.54) is 4.90 Å². The van der Waals surface area contributed by atoms with Gasteiger partial charge in [0.2, 0.25) is 17.7 Å². The molecule has 1 aliphatic heterocycles. The van der Waals surface area contributed by atoms with Crippen molar-refractivity contribution in [3.05, 3.63) is 36.2 Å². The maximum atomic E-state index is 12.1. The number of likely N-dealkylation sites (N-methyl/N-ethyl adjacent to an activating group) is 1. The van der Waals surface area contributed by atoms with Crippen LogP contribution in [0.5, 0.6) is 0 Å². The normalized spacial score (nSPS) is 17.4. The smallest absolute Gasteiger partial charge is 0.248 e. The SMILES string of the molecule is CN(Cc1nnc(-c2ccccc2)o1)C(=O)COC[C@H]1CCCCO1. The van der Waals surface area contributed by atoms with Crippen molar-refractivity contribution < 1.29 is 18.7 Å². The molecule has 1 atom stereocenters. The first kappa shape index (κ1) is 17.6. The molecule has 1 amide bonds. The maximum absolute atomic E-state index is 12.1. The standard InChI is InChI=1S/C18H23N3O4/c1-21(17(22)13-23-12-15-9-5-6-10-24-15)11-16-19-20-18(25-16)14-7-3-2-4-8-14/h2-4,7-8,15H,5-6,9-13H2,1H3/t15-/m1/s1. The van der Waals surface area contributed by atoms with Gasteiger partial charge in [-0.1, -0.05) is 18.2 Å². The molecule has 0 radical (unpaired) electrons. The monoisotopic (exact) mass is 345 g/mol. The Labute approximate surface area is 146 Å². The lowest BCUT2D eigenvalue weighted by Crippen LogP contribution is -2.32. The average Bonchev–Trinajstić information content (AvgIpc) is 3.12. The zero-order valence-corrected chi connectivity index (χ0v) is 14.4. The van der Waals surface area contributed by atoms with Gasteiger partial charge in [0.25, 0.3) is 0 Å². The highest BCUT2D eigenvalue weighted by molar-refractivity contribution is 5.77. The lowest BCUT2D eigenvalue weighted by molar-refractivity contribution is -0.137. The Kier molecular flexibility index (Phi) is 6.14. The summed E-state index contributed by atoms with van der Waals surface area (Å²) in [6.07, 6.45) is 3.36. The maximum Gasteiger partial charge on any atom is 0.248 e. The number of rotatable bonds is 7. The summed E-state index contributed by atoms with van der Waals surface area (Å²) in [7, 11) is 1.69. The molecule has 0 saturated carbocycles. The van der Waals surface area contributed by atoms with Gasteiger partial charge < -0.3 is 18.8 Å². The molecule has 1 fully saturated rings. The van der Waals surface area contributed by atoms with E-state index in [-0.39, 0.29) is 25.2 Å². The third kappa shape index (κ3) is 5.11. The summed E-state index contributed by atoms with van der Waals surface area (Å²) in [5, 5.41) is 8.02. The van der Waals surface area contributed by atoms with E-state index in [0.717, 1.165) is 31.4 Å². The Morgan fingerprint density at radius 2 is 2.12 bits per heavy atom. The fourth-order valence-electron chi connectivity index (χ4n) is 2.63. The number of hydrogen-bond acceptors (Lipinski definition) is 6. The van der Waals surface area contributed by atoms with Gasteiger partial charge in [0.1, 0.15) is 6.61 Å². The molecule has 7 nitrogen and oxygen atoms in total.